The Morgan fingerprint density at radius 1 is 1.00 bits per heavy atom. The topological polar surface area (TPSA) is 34.0 Å². The van der Waals surface area contributed by atoms with Crippen LogP contribution in [0.4, 0.5) is 10.1 Å². The molecule has 0 spiro atoms. The highest BCUT2D eigenvalue weighted by Crippen LogP contribution is 2.30. The molecule has 0 unspecified atom stereocenters. The maximum atomic E-state index is 13.0. The molecule has 1 N–H and O–H groups in total. The van der Waals surface area contributed by atoms with Crippen LogP contribution < -0.4 is 5.32 Å². The molecule has 29 heavy (non-hydrogen) atoms. The summed E-state index contributed by atoms with van der Waals surface area (Å²) in [6.07, 6.45) is 2.10. The fourth-order valence-electron chi connectivity index (χ4n) is 3.12. The molecule has 6 heteroatoms. The molecule has 0 atom stereocenters. The van der Waals surface area contributed by atoms with E-state index < -0.39 is 0 Å². The highest BCUT2D eigenvalue weighted by atomic mass is 79.9. The molecule has 1 amide bonds. The van der Waals surface area contributed by atoms with E-state index in [1.165, 1.54) is 29.5 Å². The SMILES string of the molecule is O=C(CSc1cn(Cc2ccc(Br)cc2)c2ccccc12)Nc1ccc(F)cc1. The lowest BCUT2D eigenvalue weighted by Crippen LogP contribution is -2.13. The molecule has 0 aliphatic rings. The molecule has 1 heterocycles. The number of fused-ring (bicyclic) bond motifs is 1. The zero-order chi connectivity index (χ0) is 20.2. The first-order valence-electron chi connectivity index (χ1n) is 9.09. The van der Waals surface area contributed by atoms with Gasteiger partial charge in [-0.15, -0.1) is 11.8 Å². The number of aromatic nitrogens is 1. The van der Waals surface area contributed by atoms with Crippen molar-refractivity contribution >= 4 is 50.2 Å². The Labute approximate surface area is 181 Å². The molecule has 3 nitrogen and oxygen atoms in total. The zero-order valence-corrected chi connectivity index (χ0v) is 17.8. The summed E-state index contributed by atoms with van der Waals surface area (Å²) in [5, 5.41) is 3.93. The molecule has 0 saturated carbocycles. The van der Waals surface area contributed by atoms with Gasteiger partial charge < -0.3 is 9.88 Å². The average molecular weight is 469 g/mol. The summed E-state index contributed by atoms with van der Waals surface area (Å²) in [5.41, 5.74) is 2.94. The monoisotopic (exact) mass is 468 g/mol. The van der Waals surface area contributed by atoms with E-state index in [1.54, 1.807) is 12.1 Å². The highest BCUT2D eigenvalue weighted by molar-refractivity contribution is 9.10. The number of carbonyl (C=O) groups excluding carboxylic acids is 1. The number of carbonyl (C=O) groups is 1. The van der Waals surface area contributed by atoms with E-state index in [2.05, 4.69) is 56.3 Å². The number of rotatable bonds is 6. The van der Waals surface area contributed by atoms with Crippen LogP contribution in [0.1, 0.15) is 5.56 Å². The van der Waals surface area contributed by atoms with E-state index in [1.807, 2.05) is 24.3 Å². The standard InChI is InChI=1S/C23H18BrFN2OS/c24-17-7-5-16(6-8-17)13-27-14-22(20-3-1-2-4-21(20)27)29-15-23(28)26-19-11-9-18(25)10-12-19/h1-12,14H,13,15H2,(H,26,28). The van der Waals surface area contributed by atoms with Crippen molar-refractivity contribution in [3.8, 4) is 0 Å². The number of thioether (sulfide) groups is 1. The molecular weight excluding hydrogens is 451 g/mol. The Morgan fingerprint density at radius 2 is 1.72 bits per heavy atom. The molecule has 0 fully saturated rings. The number of nitrogens with zero attached hydrogens (tertiary/aromatic N) is 1. The van der Waals surface area contributed by atoms with Gasteiger partial charge in [0.15, 0.2) is 0 Å². The van der Waals surface area contributed by atoms with Gasteiger partial charge in [0.25, 0.3) is 0 Å². The lowest BCUT2D eigenvalue weighted by Gasteiger charge is -2.05. The molecule has 3 aromatic carbocycles. The Hall–Kier alpha value is -2.57. The van der Waals surface area contributed by atoms with E-state index in [0.717, 1.165) is 26.8 Å². The Morgan fingerprint density at radius 3 is 2.48 bits per heavy atom. The van der Waals surface area contributed by atoms with Gasteiger partial charge in [0.2, 0.25) is 5.91 Å². The van der Waals surface area contributed by atoms with E-state index in [9.17, 15) is 9.18 Å². The molecule has 0 saturated heterocycles. The summed E-state index contributed by atoms with van der Waals surface area (Å²) in [5.74, 6) is -0.161. The van der Waals surface area contributed by atoms with Crippen LogP contribution in [0.15, 0.2) is 88.4 Å². The van der Waals surface area contributed by atoms with E-state index >= 15 is 0 Å². The Kier molecular flexibility index (Phi) is 6.02. The number of anilines is 1. The second-order valence-electron chi connectivity index (χ2n) is 6.61. The maximum absolute atomic E-state index is 13.0. The Bertz CT molecular complexity index is 1140. The minimum absolute atomic E-state index is 0.119. The van der Waals surface area contributed by atoms with Crippen molar-refractivity contribution < 1.29 is 9.18 Å². The molecule has 0 aliphatic heterocycles. The van der Waals surface area contributed by atoms with Crippen LogP contribution in [-0.2, 0) is 11.3 Å². The first kappa shape index (κ1) is 19.7. The number of benzene rings is 3. The van der Waals surface area contributed by atoms with Crippen LogP contribution >= 0.6 is 27.7 Å². The molecule has 0 bridgehead atoms. The lowest BCUT2D eigenvalue weighted by atomic mass is 10.2. The van der Waals surface area contributed by atoms with Gasteiger partial charge in [0, 0.05) is 38.7 Å². The van der Waals surface area contributed by atoms with Gasteiger partial charge in [0.05, 0.1) is 5.75 Å². The predicted octanol–water partition coefficient (Wildman–Crippen LogP) is 6.32. The fraction of sp³-hybridized carbons (Fsp3) is 0.0870. The number of amides is 1. The second kappa shape index (κ2) is 8.84. The van der Waals surface area contributed by atoms with Crippen LogP contribution in [0.25, 0.3) is 10.9 Å². The van der Waals surface area contributed by atoms with Crippen LogP contribution in [0.2, 0.25) is 0 Å². The summed E-state index contributed by atoms with van der Waals surface area (Å²) < 4.78 is 16.3. The van der Waals surface area contributed by atoms with Crippen LogP contribution in [0, 0.1) is 5.82 Å². The summed E-state index contributed by atoms with van der Waals surface area (Å²) >= 11 is 4.97. The van der Waals surface area contributed by atoms with Crippen molar-refractivity contribution in [2.24, 2.45) is 0 Å². The van der Waals surface area contributed by atoms with Crippen molar-refractivity contribution in [3.05, 3.63) is 94.8 Å². The third-order valence-electron chi connectivity index (χ3n) is 4.50. The van der Waals surface area contributed by atoms with Crippen molar-refractivity contribution in [2.75, 3.05) is 11.1 Å². The van der Waals surface area contributed by atoms with Crippen LogP contribution in [0.3, 0.4) is 0 Å². The van der Waals surface area contributed by atoms with Gasteiger partial charge in [-0.3, -0.25) is 4.79 Å². The first-order valence-corrected chi connectivity index (χ1v) is 10.9. The first-order chi connectivity index (χ1) is 14.1. The normalized spacial score (nSPS) is 11.0. The zero-order valence-electron chi connectivity index (χ0n) is 15.4. The van der Waals surface area contributed by atoms with Gasteiger partial charge in [-0.2, -0.15) is 0 Å². The van der Waals surface area contributed by atoms with Gasteiger partial charge in [-0.1, -0.05) is 46.3 Å². The van der Waals surface area contributed by atoms with E-state index in [0.29, 0.717) is 5.69 Å². The molecule has 4 aromatic rings. The average Bonchev–Trinajstić information content (AvgIpc) is 3.08. The quantitative estimate of drug-likeness (QED) is 0.335. The van der Waals surface area contributed by atoms with E-state index in [-0.39, 0.29) is 17.5 Å². The molecular formula is C23H18BrFN2OS. The summed E-state index contributed by atoms with van der Waals surface area (Å²) in [4.78, 5) is 13.4. The number of halogens is 2. The molecule has 4 rings (SSSR count). The van der Waals surface area contributed by atoms with Crippen LogP contribution in [0.5, 0.6) is 0 Å². The third-order valence-corrected chi connectivity index (χ3v) is 6.08. The summed E-state index contributed by atoms with van der Waals surface area (Å²) in [6.45, 7) is 0.760. The van der Waals surface area contributed by atoms with Gasteiger partial charge in [0.1, 0.15) is 5.82 Å². The second-order valence-corrected chi connectivity index (χ2v) is 8.54. The summed E-state index contributed by atoms with van der Waals surface area (Å²) in [7, 11) is 0. The minimum Gasteiger partial charge on any atom is -0.342 e. The lowest BCUT2D eigenvalue weighted by molar-refractivity contribution is -0.113. The molecule has 0 radical (unpaired) electrons. The molecule has 0 aliphatic carbocycles. The largest absolute Gasteiger partial charge is 0.342 e. The fourth-order valence-corrected chi connectivity index (χ4v) is 4.27. The number of para-hydroxylation sites is 1. The summed E-state index contributed by atoms with van der Waals surface area (Å²) in [6, 6.07) is 22.3. The number of hydrogen-bond donors (Lipinski definition) is 1. The molecule has 1 aromatic heterocycles. The minimum atomic E-state index is -0.323. The van der Waals surface area contributed by atoms with Crippen LogP contribution in [-0.4, -0.2) is 16.2 Å². The Balaban J connectivity index is 1.49. The van der Waals surface area contributed by atoms with Gasteiger partial charge in [-0.05, 0) is 48.0 Å². The van der Waals surface area contributed by atoms with Crippen molar-refractivity contribution in [1.29, 1.82) is 0 Å². The van der Waals surface area contributed by atoms with Crippen molar-refractivity contribution in [1.82, 2.24) is 4.57 Å². The highest BCUT2D eigenvalue weighted by Gasteiger charge is 2.11. The van der Waals surface area contributed by atoms with E-state index in [4.69, 9.17) is 0 Å². The smallest absolute Gasteiger partial charge is 0.234 e. The van der Waals surface area contributed by atoms with Crippen molar-refractivity contribution in [2.45, 2.75) is 11.4 Å². The van der Waals surface area contributed by atoms with Crippen molar-refractivity contribution in [3.63, 3.8) is 0 Å². The van der Waals surface area contributed by atoms with Gasteiger partial charge in [-0.25, -0.2) is 4.39 Å². The maximum Gasteiger partial charge on any atom is 0.234 e. The third kappa shape index (κ3) is 4.89. The predicted molar refractivity (Wildman–Crippen MR) is 121 cm³/mol. The number of hydrogen-bond acceptors (Lipinski definition) is 2. The van der Waals surface area contributed by atoms with Gasteiger partial charge >= 0.3 is 0 Å². The number of nitrogens with one attached hydrogen (secondary N) is 1. The molecule has 146 valence electrons.